The minimum Gasteiger partial charge on any atom is -0.480 e. The summed E-state index contributed by atoms with van der Waals surface area (Å²) < 4.78 is 8.01. The van der Waals surface area contributed by atoms with E-state index in [4.69, 9.17) is 16.2 Å². The highest BCUT2D eigenvalue weighted by molar-refractivity contribution is 8.00. The number of halogens is 1. The van der Waals surface area contributed by atoms with E-state index in [1.807, 2.05) is 31.2 Å². The maximum Gasteiger partial charge on any atom is 0.321 e. The number of benzene rings is 2. The zero-order valence-electron chi connectivity index (χ0n) is 14.1. The Labute approximate surface area is 159 Å². The molecule has 0 aliphatic heterocycles. The predicted molar refractivity (Wildman–Crippen MR) is 102 cm³/mol. The number of hydrogen-bond acceptors (Lipinski definition) is 7. The molecule has 136 valence electrons. The van der Waals surface area contributed by atoms with Crippen molar-refractivity contribution in [3.8, 4) is 0 Å². The summed E-state index contributed by atoms with van der Waals surface area (Å²) in [6.07, 6.45) is 0.399. The summed E-state index contributed by atoms with van der Waals surface area (Å²) >= 11 is 7.43. The first-order valence-electron chi connectivity index (χ1n) is 7.83. The molecule has 0 fully saturated rings. The number of nitrogens with one attached hydrogen (secondary N) is 2. The SMILES string of the molecule is CNC(Cc1cc(NSc2ccc(Cl)c3nonc23)ccc1C)C(=O)O. The summed E-state index contributed by atoms with van der Waals surface area (Å²) in [6.45, 7) is 1.96. The first kappa shape index (κ1) is 18.5. The Morgan fingerprint density at radius 2 is 2.08 bits per heavy atom. The van der Waals surface area contributed by atoms with Crippen LogP contribution in [0.4, 0.5) is 5.69 Å². The number of aromatic nitrogens is 2. The average molecular weight is 393 g/mol. The van der Waals surface area contributed by atoms with Gasteiger partial charge in [-0.25, -0.2) is 4.63 Å². The second-order valence-corrected chi connectivity index (χ2v) is 6.99. The van der Waals surface area contributed by atoms with E-state index in [1.54, 1.807) is 13.1 Å². The molecular formula is C17H17ClN4O3S. The summed E-state index contributed by atoms with van der Waals surface area (Å²) in [4.78, 5) is 12.1. The van der Waals surface area contributed by atoms with Gasteiger partial charge in [-0.2, -0.15) is 0 Å². The maximum absolute atomic E-state index is 11.3. The molecule has 2 aromatic carbocycles. The molecule has 0 spiro atoms. The molecule has 1 aromatic heterocycles. The number of aliphatic carboxylic acids is 1. The van der Waals surface area contributed by atoms with Crippen LogP contribution >= 0.6 is 23.5 Å². The van der Waals surface area contributed by atoms with E-state index in [0.717, 1.165) is 21.7 Å². The molecule has 0 saturated carbocycles. The third-order valence-corrected chi connectivity index (χ3v) is 5.22. The van der Waals surface area contributed by atoms with Crippen molar-refractivity contribution in [1.29, 1.82) is 0 Å². The molecule has 0 aliphatic carbocycles. The van der Waals surface area contributed by atoms with Gasteiger partial charge in [-0.3, -0.25) is 4.79 Å². The molecule has 26 heavy (non-hydrogen) atoms. The van der Waals surface area contributed by atoms with Gasteiger partial charge in [0.2, 0.25) is 0 Å². The summed E-state index contributed by atoms with van der Waals surface area (Å²) in [7, 11) is 1.64. The molecular weight excluding hydrogens is 376 g/mol. The fourth-order valence-electron chi connectivity index (χ4n) is 2.50. The summed E-state index contributed by atoms with van der Waals surface area (Å²) in [6, 6.07) is 8.79. The topological polar surface area (TPSA) is 100 Å². The zero-order valence-corrected chi connectivity index (χ0v) is 15.7. The largest absolute Gasteiger partial charge is 0.480 e. The molecule has 0 aliphatic rings. The van der Waals surface area contributed by atoms with Crippen LogP contribution in [0.25, 0.3) is 11.0 Å². The predicted octanol–water partition coefficient (Wildman–Crippen LogP) is 3.52. The maximum atomic E-state index is 11.3. The second-order valence-electron chi connectivity index (χ2n) is 5.74. The molecule has 1 unspecified atom stereocenters. The van der Waals surface area contributed by atoms with Crippen LogP contribution in [0.15, 0.2) is 39.9 Å². The number of nitrogens with zero attached hydrogens (tertiary/aromatic N) is 2. The van der Waals surface area contributed by atoms with E-state index in [2.05, 4.69) is 20.4 Å². The van der Waals surface area contributed by atoms with Gasteiger partial charge < -0.3 is 15.1 Å². The van der Waals surface area contributed by atoms with E-state index in [-0.39, 0.29) is 0 Å². The number of fused-ring (bicyclic) bond motifs is 1. The standard InChI is InChI=1S/C17H17ClN4O3S/c1-9-3-4-11(7-10(9)8-13(19-2)17(23)24)22-26-14-6-5-12(18)15-16(14)21-25-20-15/h3-7,13,19,22H,8H2,1-2H3,(H,23,24). The van der Waals surface area contributed by atoms with E-state index >= 15 is 0 Å². The highest BCUT2D eigenvalue weighted by Crippen LogP contribution is 2.31. The summed E-state index contributed by atoms with van der Waals surface area (Å²) in [5, 5.41) is 20.2. The lowest BCUT2D eigenvalue weighted by molar-refractivity contribution is -0.139. The molecule has 1 heterocycles. The van der Waals surface area contributed by atoms with Gasteiger partial charge >= 0.3 is 5.97 Å². The van der Waals surface area contributed by atoms with Crippen LogP contribution in [-0.2, 0) is 11.2 Å². The lowest BCUT2D eigenvalue weighted by atomic mass is 10.0. The van der Waals surface area contributed by atoms with Gasteiger partial charge in [0.05, 0.1) is 9.92 Å². The molecule has 9 heteroatoms. The van der Waals surface area contributed by atoms with E-state index < -0.39 is 12.0 Å². The zero-order chi connectivity index (χ0) is 18.7. The molecule has 3 aromatic rings. The molecule has 0 saturated heterocycles. The third kappa shape index (κ3) is 3.92. The molecule has 0 amide bonds. The Hall–Kier alpha value is -2.29. The van der Waals surface area contributed by atoms with Gasteiger partial charge in [-0.1, -0.05) is 17.7 Å². The highest BCUT2D eigenvalue weighted by atomic mass is 35.5. The van der Waals surface area contributed by atoms with E-state index in [0.29, 0.717) is 22.5 Å². The lowest BCUT2D eigenvalue weighted by Crippen LogP contribution is -2.35. The Kier molecular flexibility index (Phi) is 5.65. The Morgan fingerprint density at radius 3 is 2.81 bits per heavy atom. The second kappa shape index (κ2) is 7.94. The number of anilines is 1. The normalized spacial score (nSPS) is 12.3. The van der Waals surface area contributed by atoms with E-state index in [9.17, 15) is 9.90 Å². The minimum atomic E-state index is -0.873. The highest BCUT2D eigenvalue weighted by Gasteiger charge is 2.17. The molecule has 0 bridgehead atoms. The smallest absolute Gasteiger partial charge is 0.321 e. The van der Waals surface area contributed by atoms with Crippen LogP contribution in [0.3, 0.4) is 0 Å². The van der Waals surface area contributed by atoms with Crippen LogP contribution in [0.5, 0.6) is 0 Å². The molecule has 7 nitrogen and oxygen atoms in total. The molecule has 3 rings (SSSR count). The van der Waals surface area contributed by atoms with Gasteiger partial charge in [0.1, 0.15) is 6.04 Å². The lowest BCUT2D eigenvalue weighted by Gasteiger charge is -2.15. The molecule has 0 radical (unpaired) electrons. The van der Waals surface area contributed by atoms with Crippen molar-refractivity contribution in [3.63, 3.8) is 0 Å². The number of likely N-dealkylation sites (N-methyl/N-ethyl adjacent to an activating group) is 1. The first-order valence-corrected chi connectivity index (χ1v) is 9.02. The Balaban J connectivity index is 1.78. The van der Waals surface area contributed by atoms with Crippen molar-refractivity contribution in [2.24, 2.45) is 0 Å². The van der Waals surface area contributed by atoms with Crippen molar-refractivity contribution < 1.29 is 14.5 Å². The molecule has 1 atom stereocenters. The van der Waals surface area contributed by atoms with Crippen molar-refractivity contribution >= 4 is 46.2 Å². The number of rotatable bonds is 7. The summed E-state index contributed by atoms with van der Waals surface area (Å²) in [5.74, 6) is -0.873. The van der Waals surface area contributed by atoms with E-state index in [1.165, 1.54) is 11.9 Å². The van der Waals surface area contributed by atoms with Gasteiger partial charge in [0, 0.05) is 5.69 Å². The number of hydrogen-bond donors (Lipinski definition) is 3. The van der Waals surface area contributed by atoms with Crippen molar-refractivity contribution in [3.05, 3.63) is 46.5 Å². The van der Waals surface area contributed by atoms with Gasteiger partial charge in [-0.15, -0.1) is 0 Å². The van der Waals surface area contributed by atoms with Crippen LogP contribution in [0, 0.1) is 6.92 Å². The monoisotopic (exact) mass is 392 g/mol. The number of carbonyl (C=O) groups is 1. The summed E-state index contributed by atoms with van der Waals surface area (Å²) in [5.41, 5.74) is 3.96. The van der Waals surface area contributed by atoms with Crippen LogP contribution in [0.1, 0.15) is 11.1 Å². The van der Waals surface area contributed by atoms with Crippen molar-refractivity contribution in [2.45, 2.75) is 24.3 Å². The number of carboxylic acid groups (broad SMARTS) is 1. The minimum absolute atomic E-state index is 0.399. The number of aryl methyl sites for hydroxylation is 1. The Morgan fingerprint density at radius 1 is 1.31 bits per heavy atom. The van der Waals surface area contributed by atoms with Crippen LogP contribution in [0.2, 0.25) is 5.02 Å². The average Bonchev–Trinajstić information content (AvgIpc) is 3.11. The van der Waals surface area contributed by atoms with Gasteiger partial charge in [0.15, 0.2) is 11.0 Å². The van der Waals surface area contributed by atoms with Gasteiger partial charge in [-0.05, 0) is 78.0 Å². The Bertz CT molecular complexity index is 947. The number of carboxylic acids is 1. The third-order valence-electron chi connectivity index (χ3n) is 4.03. The van der Waals surface area contributed by atoms with Crippen molar-refractivity contribution in [1.82, 2.24) is 15.6 Å². The quantitative estimate of drug-likeness (QED) is 0.525. The van der Waals surface area contributed by atoms with Crippen molar-refractivity contribution in [2.75, 3.05) is 11.8 Å². The van der Waals surface area contributed by atoms with Gasteiger partial charge in [0.25, 0.3) is 0 Å². The molecule has 3 N–H and O–H groups in total. The fourth-order valence-corrected chi connectivity index (χ4v) is 3.41. The van der Waals surface area contributed by atoms with Crippen LogP contribution < -0.4 is 10.0 Å². The fraction of sp³-hybridized carbons (Fsp3) is 0.235. The van der Waals surface area contributed by atoms with Crippen LogP contribution in [-0.4, -0.2) is 34.5 Å². The first-order chi connectivity index (χ1) is 12.5.